The van der Waals surface area contributed by atoms with E-state index in [1.165, 1.54) is 4.52 Å². The minimum absolute atomic E-state index is 0.135. The van der Waals surface area contributed by atoms with Gasteiger partial charge in [-0.05, 0) is 30.6 Å². The van der Waals surface area contributed by atoms with E-state index in [4.69, 9.17) is 0 Å². The van der Waals surface area contributed by atoms with Gasteiger partial charge in [-0.2, -0.15) is 9.61 Å². The van der Waals surface area contributed by atoms with E-state index in [-0.39, 0.29) is 10.6 Å². The smallest absolute Gasteiger partial charge is 0.204 e. The third kappa shape index (κ3) is 2.11. The van der Waals surface area contributed by atoms with Crippen molar-refractivity contribution in [3.63, 3.8) is 0 Å². The number of hydrogen-bond acceptors (Lipinski definition) is 7. The van der Waals surface area contributed by atoms with Crippen molar-refractivity contribution in [1.29, 1.82) is 0 Å². The first-order valence-corrected chi connectivity index (χ1v) is 7.80. The fourth-order valence-electron chi connectivity index (χ4n) is 2.00. The summed E-state index contributed by atoms with van der Waals surface area (Å²) in [6, 6.07) is 1.99. The minimum atomic E-state index is -1.53. The SMILES string of the molecule is Cc1nnsc1-c1nnc2sc(-c3ccc(F)c(F)c3F)nn12. The highest BCUT2D eigenvalue weighted by atomic mass is 32.1. The zero-order valence-electron chi connectivity index (χ0n) is 11.3. The minimum Gasteiger partial charge on any atom is -0.204 e. The molecule has 0 bridgehead atoms. The molecular weight excluding hydrogens is 349 g/mol. The van der Waals surface area contributed by atoms with Crippen LogP contribution in [0.1, 0.15) is 5.69 Å². The molecule has 116 valence electrons. The molecule has 3 heterocycles. The molecule has 6 nitrogen and oxygen atoms in total. The summed E-state index contributed by atoms with van der Waals surface area (Å²) in [5.74, 6) is -3.65. The topological polar surface area (TPSA) is 68.9 Å². The van der Waals surface area contributed by atoms with Gasteiger partial charge < -0.3 is 0 Å². The molecule has 0 N–H and O–H groups in total. The molecular formula is C12H5F3N6S2. The average molecular weight is 354 g/mol. The third-order valence-corrected chi connectivity index (χ3v) is 4.87. The van der Waals surface area contributed by atoms with Gasteiger partial charge in [0.05, 0.1) is 11.3 Å². The fraction of sp³-hybridized carbons (Fsp3) is 0.0833. The number of halogens is 3. The molecule has 0 atom stereocenters. The van der Waals surface area contributed by atoms with Gasteiger partial charge in [0, 0.05) is 0 Å². The number of benzene rings is 1. The molecule has 3 aromatic heterocycles. The molecule has 0 spiro atoms. The van der Waals surface area contributed by atoms with Crippen LogP contribution in [0, 0.1) is 24.4 Å². The predicted molar refractivity (Wildman–Crippen MR) is 77.6 cm³/mol. The van der Waals surface area contributed by atoms with Crippen LogP contribution in [0.2, 0.25) is 0 Å². The second-order valence-corrected chi connectivity index (χ2v) is 6.25. The van der Waals surface area contributed by atoms with Gasteiger partial charge in [0.2, 0.25) is 4.96 Å². The third-order valence-electron chi connectivity index (χ3n) is 3.11. The Bertz CT molecular complexity index is 1040. The molecule has 0 saturated carbocycles. The normalized spacial score (nSPS) is 11.5. The molecule has 0 fully saturated rings. The van der Waals surface area contributed by atoms with Crippen molar-refractivity contribution >= 4 is 27.8 Å². The van der Waals surface area contributed by atoms with Gasteiger partial charge in [0.1, 0.15) is 4.88 Å². The predicted octanol–water partition coefficient (Wildman–Crippen LogP) is 3.10. The highest BCUT2D eigenvalue weighted by Crippen LogP contribution is 2.32. The Kier molecular flexibility index (Phi) is 3.13. The first-order valence-electron chi connectivity index (χ1n) is 6.21. The Balaban J connectivity index is 1.90. The number of rotatable bonds is 2. The quantitative estimate of drug-likeness (QED) is 0.518. The highest BCUT2D eigenvalue weighted by molar-refractivity contribution is 7.19. The van der Waals surface area contributed by atoms with Crippen LogP contribution in [0.5, 0.6) is 0 Å². The maximum Gasteiger partial charge on any atom is 0.235 e. The Morgan fingerprint density at radius 3 is 2.61 bits per heavy atom. The molecule has 4 aromatic rings. The van der Waals surface area contributed by atoms with Crippen molar-refractivity contribution in [2.24, 2.45) is 0 Å². The first kappa shape index (κ1) is 14.2. The Hall–Kier alpha value is -2.40. The van der Waals surface area contributed by atoms with Crippen molar-refractivity contribution in [3.8, 4) is 21.3 Å². The van der Waals surface area contributed by atoms with Crippen LogP contribution in [0.25, 0.3) is 26.2 Å². The summed E-state index contributed by atoms with van der Waals surface area (Å²) in [6.45, 7) is 1.77. The van der Waals surface area contributed by atoms with Crippen LogP contribution in [-0.2, 0) is 0 Å². The van der Waals surface area contributed by atoms with Crippen LogP contribution in [0.4, 0.5) is 13.2 Å². The van der Waals surface area contributed by atoms with Crippen LogP contribution < -0.4 is 0 Å². The van der Waals surface area contributed by atoms with E-state index in [1.807, 2.05) is 0 Å². The van der Waals surface area contributed by atoms with E-state index in [1.54, 1.807) is 6.92 Å². The van der Waals surface area contributed by atoms with Gasteiger partial charge in [-0.15, -0.1) is 15.3 Å². The first-order chi connectivity index (χ1) is 11.1. The Morgan fingerprint density at radius 1 is 1.04 bits per heavy atom. The lowest BCUT2D eigenvalue weighted by molar-refractivity contribution is 0.449. The summed E-state index contributed by atoms with van der Waals surface area (Å²) >= 11 is 2.15. The maximum absolute atomic E-state index is 13.9. The van der Waals surface area contributed by atoms with Gasteiger partial charge in [0.15, 0.2) is 28.3 Å². The van der Waals surface area contributed by atoms with Crippen LogP contribution in [0.15, 0.2) is 12.1 Å². The van der Waals surface area contributed by atoms with E-state index in [9.17, 15) is 13.2 Å². The summed E-state index contributed by atoms with van der Waals surface area (Å²) in [6.07, 6.45) is 0. The second-order valence-electron chi connectivity index (χ2n) is 4.54. The number of hydrogen-bond donors (Lipinski definition) is 0. The van der Waals surface area contributed by atoms with Gasteiger partial charge >= 0.3 is 0 Å². The molecule has 11 heteroatoms. The lowest BCUT2D eigenvalue weighted by atomic mass is 10.2. The lowest BCUT2D eigenvalue weighted by Gasteiger charge is -2.00. The van der Waals surface area contributed by atoms with E-state index >= 15 is 0 Å². The van der Waals surface area contributed by atoms with Crippen molar-refractivity contribution < 1.29 is 13.2 Å². The maximum atomic E-state index is 13.9. The molecule has 23 heavy (non-hydrogen) atoms. The van der Waals surface area contributed by atoms with Crippen LogP contribution in [-0.4, -0.2) is 29.4 Å². The van der Waals surface area contributed by atoms with E-state index in [0.29, 0.717) is 21.4 Å². The second kappa shape index (κ2) is 5.06. The Morgan fingerprint density at radius 2 is 1.87 bits per heavy atom. The summed E-state index contributed by atoms with van der Waals surface area (Å²) in [5.41, 5.74) is 0.530. The largest absolute Gasteiger partial charge is 0.235 e. The monoisotopic (exact) mass is 354 g/mol. The molecule has 0 radical (unpaired) electrons. The van der Waals surface area contributed by atoms with Crippen molar-refractivity contribution in [1.82, 2.24) is 29.4 Å². The molecule has 4 rings (SSSR count). The average Bonchev–Trinajstić information content (AvgIpc) is 3.20. The van der Waals surface area contributed by atoms with Gasteiger partial charge in [-0.1, -0.05) is 15.8 Å². The summed E-state index contributed by atoms with van der Waals surface area (Å²) in [4.78, 5) is 1.08. The molecule has 0 aliphatic rings. The van der Waals surface area contributed by atoms with Gasteiger partial charge in [-0.25, -0.2) is 13.2 Å². The summed E-state index contributed by atoms with van der Waals surface area (Å²) in [7, 11) is 0. The standard InChI is InChI=1S/C12H5F3N6S2/c1-4-9(23-20-16-4)10-17-18-12-21(10)19-11(22-12)5-2-3-6(13)8(15)7(5)14/h2-3H,1H3. The summed E-state index contributed by atoms with van der Waals surface area (Å²) in [5, 5.41) is 16.2. The molecule has 1 aromatic carbocycles. The molecule has 0 aliphatic carbocycles. The number of aromatic nitrogens is 6. The zero-order chi connectivity index (χ0) is 16.1. The zero-order valence-corrected chi connectivity index (χ0v) is 12.9. The Labute approximate surface area is 134 Å². The number of nitrogens with zero attached hydrogens (tertiary/aromatic N) is 6. The van der Waals surface area contributed by atoms with E-state index < -0.39 is 17.5 Å². The molecule has 0 amide bonds. The molecule has 0 unspecified atom stereocenters. The van der Waals surface area contributed by atoms with Crippen molar-refractivity contribution in [2.75, 3.05) is 0 Å². The van der Waals surface area contributed by atoms with Gasteiger partial charge in [0.25, 0.3) is 0 Å². The molecule has 0 saturated heterocycles. The van der Waals surface area contributed by atoms with Crippen molar-refractivity contribution in [2.45, 2.75) is 6.92 Å². The van der Waals surface area contributed by atoms with Gasteiger partial charge in [-0.3, -0.25) is 0 Å². The van der Waals surface area contributed by atoms with E-state index in [0.717, 1.165) is 35.0 Å². The van der Waals surface area contributed by atoms with Crippen molar-refractivity contribution in [3.05, 3.63) is 35.3 Å². The molecule has 0 aliphatic heterocycles. The highest BCUT2D eigenvalue weighted by Gasteiger charge is 2.21. The van der Waals surface area contributed by atoms with E-state index in [2.05, 4.69) is 24.9 Å². The van der Waals surface area contributed by atoms with Crippen LogP contribution in [0.3, 0.4) is 0 Å². The fourth-order valence-corrected chi connectivity index (χ4v) is 3.48. The number of fused-ring (bicyclic) bond motifs is 1. The summed E-state index contributed by atoms with van der Waals surface area (Å²) < 4.78 is 45.6. The number of aryl methyl sites for hydroxylation is 1. The lowest BCUT2D eigenvalue weighted by Crippen LogP contribution is -1.95. The van der Waals surface area contributed by atoms with Crippen LogP contribution >= 0.6 is 22.9 Å².